The molecule has 0 saturated carbocycles. The molecule has 0 saturated heterocycles. The summed E-state index contributed by atoms with van der Waals surface area (Å²) in [6.07, 6.45) is 0. The average Bonchev–Trinajstić information content (AvgIpc) is 3.67. The summed E-state index contributed by atoms with van der Waals surface area (Å²) >= 11 is 0. The molecule has 54 heavy (non-hydrogen) atoms. The third-order valence-corrected chi connectivity index (χ3v) is 10.4. The van der Waals surface area contributed by atoms with Crippen molar-refractivity contribution in [2.24, 2.45) is 0 Å². The lowest BCUT2D eigenvalue weighted by Crippen LogP contribution is -2.10. The molecule has 0 bridgehead atoms. The molecular formula is C52H35NO. The molecule has 2 nitrogen and oxygen atoms in total. The number of rotatable bonds is 7. The van der Waals surface area contributed by atoms with E-state index in [1.165, 1.54) is 38.4 Å². The molecule has 10 rings (SSSR count). The minimum atomic E-state index is 0.868. The molecule has 0 radical (unpaired) electrons. The van der Waals surface area contributed by atoms with Crippen LogP contribution in [0.25, 0.3) is 77.2 Å². The van der Waals surface area contributed by atoms with Crippen molar-refractivity contribution in [3.8, 4) is 44.7 Å². The predicted octanol–water partition coefficient (Wildman–Crippen LogP) is 14.9. The van der Waals surface area contributed by atoms with Crippen LogP contribution in [0.4, 0.5) is 17.1 Å². The highest BCUT2D eigenvalue weighted by Crippen LogP contribution is 2.48. The lowest BCUT2D eigenvalue weighted by Gasteiger charge is -2.27. The molecule has 0 spiro atoms. The zero-order valence-corrected chi connectivity index (χ0v) is 29.6. The van der Waals surface area contributed by atoms with Crippen LogP contribution in [0.3, 0.4) is 0 Å². The first-order chi connectivity index (χ1) is 26.8. The van der Waals surface area contributed by atoms with Gasteiger partial charge in [-0.05, 0) is 98.6 Å². The van der Waals surface area contributed by atoms with Crippen molar-refractivity contribution in [2.75, 3.05) is 4.90 Å². The molecule has 2 heteroatoms. The van der Waals surface area contributed by atoms with Crippen LogP contribution in [-0.2, 0) is 0 Å². The van der Waals surface area contributed by atoms with E-state index in [-0.39, 0.29) is 0 Å². The predicted molar refractivity (Wildman–Crippen MR) is 228 cm³/mol. The number of furan rings is 1. The molecule has 0 fully saturated rings. The largest absolute Gasteiger partial charge is 0.455 e. The molecule has 0 aliphatic carbocycles. The molecule has 0 N–H and O–H groups in total. The van der Waals surface area contributed by atoms with Crippen molar-refractivity contribution in [2.45, 2.75) is 0 Å². The Kier molecular flexibility index (Phi) is 7.85. The number of anilines is 3. The van der Waals surface area contributed by atoms with E-state index < -0.39 is 0 Å². The van der Waals surface area contributed by atoms with Crippen LogP contribution in [0.5, 0.6) is 0 Å². The molecule has 0 amide bonds. The number of fused-ring (bicyclic) bond motifs is 6. The monoisotopic (exact) mass is 689 g/mol. The van der Waals surface area contributed by atoms with Gasteiger partial charge in [0.25, 0.3) is 0 Å². The van der Waals surface area contributed by atoms with Crippen LogP contribution in [-0.4, -0.2) is 0 Å². The van der Waals surface area contributed by atoms with Crippen molar-refractivity contribution in [1.29, 1.82) is 0 Å². The number of hydrogen-bond acceptors (Lipinski definition) is 2. The maximum Gasteiger partial charge on any atom is 0.143 e. The Labute approximate surface area is 314 Å². The molecular weight excluding hydrogens is 655 g/mol. The lowest BCUT2D eigenvalue weighted by atomic mass is 9.92. The highest BCUT2D eigenvalue weighted by atomic mass is 16.3. The maximum atomic E-state index is 7.05. The molecule has 1 heterocycles. The Morgan fingerprint density at radius 1 is 0.296 bits per heavy atom. The van der Waals surface area contributed by atoms with E-state index in [0.29, 0.717) is 0 Å². The topological polar surface area (TPSA) is 16.4 Å². The van der Waals surface area contributed by atoms with Crippen molar-refractivity contribution < 1.29 is 4.42 Å². The first kappa shape index (κ1) is 31.6. The molecule has 1 aromatic heterocycles. The maximum absolute atomic E-state index is 7.05. The van der Waals surface area contributed by atoms with Crippen LogP contribution in [0, 0.1) is 0 Å². The quantitative estimate of drug-likeness (QED) is 0.155. The number of para-hydroxylation sites is 1. The van der Waals surface area contributed by atoms with Crippen LogP contribution >= 0.6 is 0 Å². The molecule has 0 atom stereocenters. The Balaban J connectivity index is 1.17. The zero-order chi connectivity index (χ0) is 35.8. The zero-order valence-electron chi connectivity index (χ0n) is 29.6. The van der Waals surface area contributed by atoms with Crippen molar-refractivity contribution in [3.05, 3.63) is 212 Å². The van der Waals surface area contributed by atoms with Gasteiger partial charge in [-0.25, -0.2) is 0 Å². The molecule has 0 unspecified atom stereocenters. The SMILES string of the molecule is c1ccc(-c2cc(-c3ccccc3)cc(N(c3ccccc3)c3ccc(-c4oc5c6ccccc6c6ccccc6c5c4-c4ccccc4)cc3)c2)cc1. The van der Waals surface area contributed by atoms with Gasteiger partial charge in [0.05, 0.1) is 0 Å². The Hall–Kier alpha value is -7.16. The van der Waals surface area contributed by atoms with Crippen LogP contribution < -0.4 is 4.90 Å². The first-order valence-corrected chi connectivity index (χ1v) is 18.4. The fourth-order valence-corrected chi connectivity index (χ4v) is 7.93. The summed E-state index contributed by atoms with van der Waals surface area (Å²) in [7, 11) is 0. The number of hydrogen-bond donors (Lipinski definition) is 0. The van der Waals surface area contributed by atoms with Gasteiger partial charge in [0.15, 0.2) is 0 Å². The highest BCUT2D eigenvalue weighted by molar-refractivity contribution is 6.28. The van der Waals surface area contributed by atoms with Gasteiger partial charge in [-0.1, -0.05) is 158 Å². The van der Waals surface area contributed by atoms with Gasteiger partial charge in [-0.3, -0.25) is 0 Å². The molecule has 0 aliphatic rings. The summed E-state index contributed by atoms with van der Waals surface area (Å²) in [5.41, 5.74) is 12.1. The van der Waals surface area contributed by atoms with E-state index in [0.717, 1.165) is 55.9 Å². The van der Waals surface area contributed by atoms with Gasteiger partial charge < -0.3 is 9.32 Å². The standard InChI is InChI=1S/C52H35NO/c1-5-17-36(18-6-1)40-33-41(37-19-7-2-8-20-37)35-44(34-40)53(42-23-11-4-12-24-42)43-31-29-39(30-32-43)51-49(38-21-9-3-10-22-38)50-47-27-15-13-25-45(47)46-26-14-16-28-48(46)52(50)54-51/h1-35H. The van der Waals surface area contributed by atoms with Crippen LogP contribution in [0.1, 0.15) is 0 Å². The minimum absolute atomic E-state index is 0.868. The number of benzene rings is 9. The minimum Gasteiger partial charge on any atom is -0.455 e. The van der Waals surface area contributed by atoms with E-state index in [1.54, 1.807) is 0 Å². The normalized spacial score (nSPS) is 11.3. The molecule has 0 aliphatic heterocycles. The summed E-state index contributed by atoms with van der Waals surface area (Å²) < 4.78 is 7.05. The average molecular weight is 690 g/mol. The summed E-state index contributed by atoms with van der Waals surface area (Å²) in [5.74, 6) is 0.868. The van der Waals surface area contributed by atoms with Gasteiger partial charge >= 0.3 is 0 Å². The Morgan fingerprint density at radius 2 is 0.741 bits per heavy atom. The third-order valence-electron chi connectivity index (χ3n) is 10.4. The Morgan fingerprint density at radius 3 is 1.31 bits per heavy atom. The van der Waals surface area contributed by atoms with E-state index in [9.17, 15) is 0 Å². The second kappa shape index (κ2) is 13.4. The molecule has 10 aromatic rings. The summed E-state index contributed by atoms with van der Waals surface area (Å²) in [6, 6.07) is 75.6. The molecule has 254 valence electrons. The third kappa shape index (κ3) is 5.53. The second-order valence-corrected chi connectivity index (χ2v) is 13.7. The highest BCUT2D eigenvalue weighted by Gasteiger charge is 2.23. The smallest absolute Gasteiger partial charge is 0.143 e. The van der Waals surface area contributed by atoms with Crippen LogP contribution in [0.15, 0.2) is 217 Å². The summed E-state index contributed by atoms with van der Waals surface area (Å²) in [6.45, 7) is 0. The van der Waals surface area contributed by atoms with Crippen molar-refractivity contribution >= 4 is 49.6 Å². The fraction of sp³-hybridized carbons (Fsp3) is 0. The Bertz CT molecular complexity index is 2840. The van der Waals surface area contributed by atoms with Crippen LogP contribution in [0.2, 0.25) is 0 Å². The van der Waals surface area contributed by atoms with E-state index in [4.69, 9.17) is 4.42 Å². The molecule has 9 aromatic carbocycles. The van der Waals surface area contributed by atoms with Gasteiger partial charge in [-0.15, -0.1) is 0 Å². The van der Waals surface area contributed by atoms with E-state index in [2.05, 4.69) is 217 Å². The second-order valence-electron chi connectivity index (χ2n) is 13.7. The van der Waals surface area contributed by atoms with Gasteiger partial charge in [-0.2, -0.15) is 0 Å². The van der Waals surface area contributed by atoms with E-state index >= 15 is 0 Å². The van der Waals surface area contributed by atoms with Crippen molar-refractivity contribution in [1.82, 2.24) is 0 Å². The first-order valence-electron chi connectivity index (χ1n) is 18.4. The van der Waals surface area contributed by atoms with Gasteiger partial charge in [0.1, 0.15) is 11.3 Å². The number of nitrogens with zero attached hydrogens (tertiary/aromatic N) is 1. The van der Waals surface area contributed by atoms with E-state index in [1.807, 2.05) is 0 Å². The fourth-order valence-electron chi connectivity index (χ4n) is 7.93. The lowest BCUT2D eigenvalue weighted by molar-refractivity contribution is 0.636. The summed E-state index contributed by atoms with van der Waals surface area (Å²) in [5, 5.41) is 5.88. The van der Waals surface area contributed by atoms with Gasteiger partial charge in [0, 0.05) is 39.0 Å². The summed E-state index contributed by atoms with van der Waals surface area (Å²) in [4.78, 5) is 2.35. The van der Waals surface area contributed by atoms with Gasteiger partial charge in [0.2, 0.25) is 0 Å². The van der Waals surface area contributed by atoms with Crippen molar-refractivity contribution in [3.63, 3.8) is 0 Å².